The van der Waals surface area contributed by atoms with Gasteiger partial charge < -0.3 is 9.80 Å². The van der Waals surface area contributed by atoms with E-state index in [0.717, 1.165) is 17.0 Å². The molecule has 1 unspecified atom stereocenters. The fourth-order valence-corrected chi connectivity index (χ4v) is 5.40. The van der Waals surface area contributed by atoms with Gasteiger partial charge in [0.1, 0.15) is 23.7 Å². The maximum Gasteiger partial charge on any atom is 0.332 e. The minimum atomic E-state index is -0.893. The summed E-state index contributed by atoms with van der Waals surface area (Å²) >= 11 is 0. The van der Waals surface area contributed by atoms with Gasteiger partial charge in [-0.3, -0.25) is 14.6 Å². The van der Waals surface area contributed by atoms with Crippen LogP contribution in [-0.4, -0.2) is 57.3 Å². The molecule has 3 saturated heterocycles. The standard InChI is InChI=1S/C24H15F2N5O3/c25-14-6-13(7-15(26)8-14)22(32)29-11-16-9-19(29)21-23(33)31(24(34)30(16)21)18-4-3-12(10-27)20-17(18)2-1-5-28-20/h1-8,16,19,21H,9,11H2/t16-,19?,21+/m1/s1. The lowest BCUT2D eigenvalue weighted by molar-refractivity contribution is -0.121. The summed E-state index contributed by atoms with van der Waals surface area (Å²) in [5.41, 5.74) is 0.867. The Kier molecular flexibility index (Phi) is 4.20. The van der Waals surface area contributed by atoms with Crippen LogP contribution in [0.1, 0.15) is 22.3 Å². The number of pyridine rings is 1. The van der Waals surface area contributed by atoms with Gasteiger partial charge in [0.15, 0.2) is 0 Å². The van der Waals surface area contributed by atoms with Crippen molar-refractivity contribution in [2.24, 2.45) is 0 Å². The van der Waals surface area contributed by atoms with Gasteiger partial charge in [0.2, 0.25) is 0 Å². The molecule has 3 atom stereocenters. The Morgan fingerprint density at radius 1 is 1.12 bits per heavy atom. The number of likely N-dealkylation sites (tertiary alicyclic amines) is 1. The second-order valence-corrected chi connectivity index (χ2v) is 8.52. The lowest BCUT2D eigenvalue weighted by Gasteiger charge is -2.34. The monoisotopic (exact) mass is 459 g/mol. The Bertz CT molecular complexity index is 1450. The van der Waals surface area contributed by atoms with E-state index in [1.807, 2.05) is 0 Å². The number of halogens is 2. The van der Waals surface area contributed by atoms with Gasteiger partial charge in [-0.15, -0.1) is 0 Å². The van der Waals surface area contributed by atoms with Crippen LogP contribution in [0.2, 0.25) is 0 Å². The van der Waals surface area contributed by atoms with Crippen LogP contribution < -0.4 is 4.90 Å². The van der Waals surface area contributed by atoms with Crippen molar-refractivity contribution in [3.05, 3.63) is 71.4 Å². The number of carbonyl (C=O) groups excluding carboxylic acids is 3. The van der Waals surface area contributed by atoms with Gasteiger partial charge in [0.05, 0.1) is 28.9 Å². The second kappa shape index (κ2) is 7.05. The summed E-state index contributed by atoms with van der Waals surface area (Å²) in [6.07, 6.45) is 1.94. The first-order valence-corrected chi connectivity index (χ1v) is 10.6. The summed E-state index contributed by atoms with van der Waals surface area (Å²) in [6.45, 7) is 0.167. The van der Waals surface area contributed by atoms with E-state index in [2.05, 4.69) is 11.1 Å². The van der Waals surface area contributed by atoms with E-state index in [-0.39, 0.29) is 18.2 Å². The molecular formula is C24H15F2N5O3. The highest BCUT2D eigenvalue weighted by Crippen LogP contribution is 2.44. The predicted octanol–water partition coefficient (Wildman–Crippen LogP) is 2.82. The largest absolute Gasteiger partial charge is 0.332 e. The van der Waals surface area contributed by atoms with Crippen LogP contribution in [0.15, 0.2) is 48.7 Å². The molecule has 3 fully saturated rings. The molecule has 0 saturated carbocycles. The third kappa shape index (κ3) is 2.67. The Balaban J connectivity index is 1.37. The van der Waals surface area contributed by atoms with Crippen molar-refractivity contribution in [2.75, 3.05) is 11.4 Å². The van der Waals surface area contributed by atoms with Crippen molar-refractivity contribution in [1.82, 2.24) is 14.8 Å². The lowest BCUT2D eigenvalue weighted by Crippen LogP contribution is -2.54. The summed E-state index contributed by atoms with van der Waals surface area (Å²) < 4.78 is 27.3. The predicted molar refractivity (Wildman–Crippen MR) is 115 cm³/mol. The van der Waals surface area contributed by atoms with E-state index >= 15 is 0 Å². The molecule has 10 heteroatoms. The van der Waals surface area contributed by atoms with Crippen molar-refractivity contribution in [1.29, 1.82) is 5.26 Å². The number of piperazine rings is 1. The maximum absolute atomic E-state index is 13.7. The van der Waals surface area contributed by atoms with Crippen LogP contribution in [0.4, 0.5) is 19.3 Å². The van der Waals surface area contributed by atoms with Gasteiger partial charge in [-0.2, -0.15) is 5.26 Å². The SMILES string of the molecule is N#Cc1ccc(N2C(=O)[C@@H]3C4C[C@H](CN4C(=O)c4cc(F)cc(F)c4)N3C2=O)c2cccnc12. The molecule has 3 aliphatic heterocycles. The Morgan fingerprint density at radius 3 is 2.62 bits per heavy atom. The lowest BCUT2D eigenvalue weighted by atomic mass is 10.1. The first-order valence-electron chi connectivity index (χ1n) is 10.6. The molecule has 3 aliphatic rings. The van der Waals surface area contributed by atoms with Crippen LogP contribution in [-0.2, 0) is 4.79 Å². The number of aromatic nitrogens is 1. The molecule has 2 bridgehead atoms. The summed E-state index contributed by atoms with van der Waals surface area (Å²) in [7, 11) is 0. The number of hydrogen-bond donors (Lipinski definition) is 0. The van der Waals surface area contributed by atoms with E-state index in [1.165, 1.54) is 22.1 Å². The van der Waals surface area contributed by atoms with Gasteiger partial charge >= 0.3 is 6.03 Å². The van der Waals surface area contributed by atoms with Crippen LogP contribution in [0, 0.1) is 23.0 Å². The van der Waals surface area contributed by atoms with Crippen molar-refractivity contribution in [3.8, 4) is 6.07 Å². The molecule has 4 heterocycles. The smallest absolute Gasteiger partial charge is 0.331 e. The number of nitrogens with zero attached hydrogens (tertiary/aromatic N) is 5. The minimum absolute atomic E-state index is 0.144. The number of carbonyl (C=O) groups is 3. The van der Waals surface area contributed by atoms with Gasteiger partial charge in [0, 0.05) is 29.8 Å². The highest BCUT2D eigenvalue weighted by Gasteiger charge is 2.63. The zero-order valence-corrected chi connectivity index (χ0v) is 17.5. The van der Waals surface area contributed by atoms with Crippen molar-refractivity contribution >= 4 is 34.4 Å². The fraction of sp³-hybridized carbons (Fsp3) is 0.208. The molecule has 2 aromatic carbocycles. The van der Waals surface area contributed by atoms with Gasteiger partial charge in [0.25, 0.3) is 11.8 Å². The number of urea groups is 1. The molecular weight excluding hydrogens is 444 g/mol. The summed E-state index contributed by atoms with van der Waals surface area (Å²) in [5, 5.41) is 9.87. The molecule has 0 N–H and O–H groups in total. The molecule has 6 rings (SSSR count). The molecule has 168 valence electrons. The zero-order valence-electron chi connectivity index (χ0n) is 17.5. The van der Waals surface area contributed by atoms with Gasteiger partial charge in [-0.25, -0.2) is 18.5 Å². The molecule has 8 nitrogen and oxygen atoms in total. The number of nitriles is 1. The number of rotatable bonds is 2. The van der Waals surface area contributed by atoms with Crippen LogP contribution >= 0.6 is 0 Å². The van der Waals surface area contributed by atoms with E-state index in [0.29, 0.717) is 34.6 Å². The number of amides is 4. The zero-order chi connectivity index (χ0) is 23.7. The Labute approximate surface area is 191 Å². The number of fused-ring (bicyclic) bond motifs is 6. The van der Waals surface area contributed by atoms with Crippen molar-refractivity contribution < 1.29 is 23.2 Å². The van der Waals surface area contributed by atoms with E-state index in [4.69, 9.17) is 0 Å². The molecule has 0 spiro atoms. The average molecular weight is 459 g/mol. The molecule has 4 amide bonds. The quantitative estimate of drug-likeness (QED) is 0.549. The Morgan fingerprint density at radius 2 is 1.88 bits per heavy atom. The van der Waals surface area contributed by atoms with Crippen molar-refractivity contribution in [3.63, 3.8) is 0 Å². The molecule has 34 heavy (non-hydrogen) atoms. The van der Waals surface area contributed by atoms with E-state index < -0.39 is 41.6 Å². The van der Waals surface area contributed by atoms with Crippen LogP contribution in [0.3, 0.4) is 0 Å². The van der Waals surface area contributed by atoms with Crippen LogP contribution in [0.25, 0.3) is 10.9 Å². The average Bonchev–Trinajstić information content (AvgIpc) is 3.49. The first-order chi connectivity index (χ1) is 16.4. The molecule has 1 aromatic heterocycles. The van der Waals surface area contributed by atoms with Gasteiger partial charge in [-0.1, -0.05) is 0 Å². The minimum Gasteiger partial charge on any atom is -0.331 e. The third-order valence-electron chi connectivity index (χ3n) is 6.74. The highest BCUT2D eigenvalue weighted by atomic mass is 19.1. The van der Waals surface area contributed by atoms with Crippen LogP contribution in [0.5, 0.6) is 0 Å². The highest BCUT2D eigenvalue weighted by molar-refractivity contribution is 6.25. The summed E-state index contributed by atoms with van der Waals surface area (Å²) in [4.78, 5) is 48.1. The Hall–Kier alpha value is -4.39. The van der Waals surface area contributed by atoms with Crippen molar-refractivity contribution in [2.45, 2.75) is 24.5 Å². The number of imide groups is 1. The topological polar surface area (TPSA) is 97.6 Å². The molecule has 3 aromatic rings. The normalized spacial score (nSPS) is 23.1. The first kappa shape index (κ1) is 20.2. The molecule has 0 aliphatic carbocycles. The fourth-order valence-electron chi connectivity index (χ4n) is 5.40. The maximum atomic E-state index is 13.7. The second-order valence-electron chi connectivity index (χ2n) is 8.52. The third-order valence-corrected chi connectivity index (χ3v) is 6.74. The summed E-state index contributed by atoms with van der Waals surface area (Å²) in [5.74, 6) is -2.81. The van der Waals surface area contributed by atoms with E-state index in [9.17, 15) is 28.4 Å². The molecule has 0 radical (unpaired) electrons. The number of anilines is 1. The van der Waals surface area contributed by atoms with Gasteiger partial charge in [-0.05, 0) is 42.8 Å². The number of benzene rings is 2. The summed E-state index contributed by atoms with van der Waals surface area (Å²) in [6, 6.07) is 8.67. The van der Waals surface area contributed by atoms with E-state index in [1.54, 1.807) is 18.2 Å². The number of hydrogen-bond acceptors (Lipinski definition) is 5.